The largest absolute Gasteiger partial charge is 0.348 e. The highest BCUT2D eigenvalue weighted by Gasteiger charge is 2.12. The van der Waals surface area contributed by atoms with E-state index in [4.69, 9.17) is 0 Å². The number of hydrogen-bond acceptors (Lipinski definition) is 3. The third kappa shape index (κ3) is 5.39. The Morgan fingerprint density at radius 3 is 2.50 bits per heavy atom. The molecule has 6 heteroatoms. The number of amides is 2. The van der Waals surface area contributed by atoms with Crippen LogP contribution in [0, 0.1) is 0 Å². The summed E-state index contributed by atoms with van der Waals surface area (Å²) in [6.45, 7) is 1.86. The van der Waals surface area contributed by atoms with Gasteiger partial charge in [-0.25, -0.2) is 0 Å². The fourth-order valence-corrected chi connectivity index (χ4v) is 2.97. The Bertz CT molecular complexity index is 719. The van der Waals surface area contributed by atoms with E-state index in [2.05, 4.69) is 26.6 Å². The van der Waals surface area contributed by atoms with E-state index >= 15 is 0 Å². The quantitative estimate of drug-likeness (QED) is 0.717. The summed E-state index contributed by atoms with van der Waals surface area (Å²) in [4.78, 5) is 25.2. The Balaban J connectivity index is 1.85. The zero-order chi connectivity index (χ0) is 17.5. The first kappa shape index (κ1) is 18.5. The van der Waals surface area contributed by atoms with Gasteiger partial charge in [-0.15, -0.1) is 11.8 Å². The van der Waals surface area contributed by atoms with Crippen LogP contribution in [0.4, 0.5) is 0 Å². The monoisotopic (exact) mass is 406 g/mol. The third-order valence-electron chi connectivity index (χ3n) is 3.49. The van der Waals surface area contributed by atoms with Crippen molar-refractivity contribution in [3.63, 3.8) is 0 Å². The Labute approximate surface area is 154 Å². The fourth-order valence-electron chi connectivity index (χ4n) is 2.16. The van der Waals surface area contributed by atoms with E-state index in [1.807, 2.05) is 43.5 Å². The highest BCUT2D eigenvalue weighted by Crippen LogP contribution is 2.18. The van der Waals surface area contributed by atoms with E-state index in [9.17, 15) is 9.59 Å². The van der Waals surface area contributed by atoms with Crippen LogP contribution in [0.3, 0.4) is 0 Å². The normalized spacial score (nSPS) is 11.6. The van der Waals surface area contributed by atoms with Crippen LogP contribution >= 0.6 is 27.7 Å². The summed E-state index contributed by atoms with van der Waals surface area (Å²) < 4.78 is 0.821. The molecular formula is C18H19BrN2O2S. The van der Waals surface area contributed by atoms with Gasteiger partial charge in [-0.1, -0.05) is 34.1 Å². The molecule has 2 aromatic carbocycles. The molecule has 0 radical (unpaired) electrons. The van der Waals surface area contributed by atoms with Crippen molar-refractivity contribution in [2.75, 3.05) is 12.8 Å². The Kier molecular flexibility index (Phi) is 6.87. The number of thioether (sulfide) groups is 1. The van der Waals surface area contributed by atoms with Crippen LogP contribution in [0.5, 0.6) is 0 Å². The zero-order valence-electron chi connectivity index (χ0n) is 13.5. The number of hydrogen-bond donors (Lipinski definition) is 2. The van der Waals surface area contributed by atoms with Gasteiger partial charge in [0.1, 0.15) is 0 Å². The van der Waals surface area contributed by atoms with Gasteiger partial charge in [-0.3, -0.25) is 9.59 Å². The SMILES string of the molecule is CSc1ccc(C(C)NC(=O)CNC(=O)c2cccc(Br)c2)cc1. The van der Waals surface area contributed by atoms with Crippen molar-refractivity contribution in [3.8, 4) is 0 Å². The van der Waals surface area contributed by atoms with E-state index in [1.54, 1.807) is 30.0 Å². The van der Waals surface area contributed by atoms with Gasteiger partial charge < -0.3 is 10.6 Å². The molecule has 0 bridgehead atoms. The van der Waals surface area contributed by atoms with Gasteiger partial charge in [0, 0.05) is 14.9 Å². The van der Waals surface area contributed by atoms with Crippen LogP contribution in [0.1, 0.15) is 28.9 Å². The van der Waals surface area contributed by atoms with Crippen LogP contribution in [-0.4, -0.2) is 24.6 Å². The van der Waals surface area contributed by atoms with Crippen molar-refractivity contribution < 1.29 is 9.59 Å². The van der Waals surface area contributed by atoms with E-state index in [1.165, 1.54) is 4.90 Å². The molecule has 0 aromatic heterocycles. The maximum Gasteiger partial charge on any atom is 0.251 e. The van der Waals surface area contributed by atoms with Crippen molar-refractivity contribution >= 4 is 39.5 Å². The minimum absolute atomic E-state index is 0.0570. The molecule has 0 aliphatic carbocycles. The van der Waals surface area contributed by atoms with Crippen LogP contribution in [0.25, 0.3) is 0 Å². The molecule has 2 rings (SSSR count). The maximum atomic E-state index is 12.0. The van der Waals surface area contributed by atoms with Gasteiger partial charge in [0.25, 0.3) is 5.91 Å². The van der Waals surface area contributed by atoms with Crippen molar-refractivity contribution in [2.24, 2.45) is 0 Å². The van der Waals surface area contributed by atoms with Crippen molar-refractivity contribution in [3.05, 3.63) is 64.1 Å². The van der Waals surface area contributed by atoms with Gasteiger partial charge >= 0.3 is 0 Å². The molecule has 0 aliphatic rings. The van der Waals surface area contributed by atoms with E-state index in [0.717, 1.165) is 10.0 Å². The third-order valence-corrected chi connectivity index (χ3v) is 4.73. The second kappa shape index (κ2) is 8.89. The summed E-state index contributed by atoms with van der Waals surface area (Å²) in [6.07, 6.45) is 2.02. The lowest BCUT2D eigenvalue weighted by molar-refractivity contribution is -0.120. The standard InChI is InChI=1S/C18H19BrN2O2S/c1-12(13-6-8-16(24-2)9-7-13)21-17(22)11-20-18(23)14-4-3-5-15(19)10-14/h3-10,12H,11H2,1-2H3,(H,20,23)(H,21,22). The molecular weight excluding hydrogens is 388 g/mol. The summed E-state index contributed by atoms with van der Waals surface area (Å²) in [7, 11) is 0. The van der Waals surface area contributed by atoms with Crippen LogP contribution in [0.2, 0.25) is 0 Å². The second-order valence-electron chi connectivity index (χ2n) is 5.26. The fraction of sp³-hybridized carbons (Fsp3) is 0.222. The Morgan fingerprint density at radius 2 is 1.88 bits per heavy atom. The first-order valence-corrected chi connectivity index (χ1v) is 9.48. The smallest absolute Gasteiger partial charge is 0.251 e. The second-order valence-corrected chi connectivity index (χ2v) is 7.05. The summed E-state index contributed by atoms with van der Waals surface area (Å²) in [6, 6.07) is 15.0. The lowest BCUT2D eigenvalue weighted by Crippen LogP contribution is -2.38. The molecule has 1 atom stereocenters. The number of benzene rings is 2. The molecule has 2 aromatic rings. The highest BCUT2D eigenvalue weighted by molar-refractivity contribution is 9.10. The highest BCUT2D eigenvalue weighted by atomic mass is 79.9. The molecule has 0 fully saturated rings. The summed E-state index contributed by atoms with van der Waals surface area (Å²) in [5.74, 6) is -0.497. The first-order valence-electron chi connectivity index (χ1n) is 7.46. The molecule has 126 valence electrons. The van der Waals surface area contributed by atoms with Crippen LogP contribution in [-0.2, 0) is 4.79 Å². The molecule has 0 spiro atoms. The number of carbonyl (C=O) groups excluding carboxylic acids is 2. The minimum atomic E-state index is -0.275. The molecule has 4 nitrogen and oxygen atoms in total. The Hall–Kier alpha value is -1.79. The molecule has 1 unspecified atom stereocenters. The molecule has 0 aliphatic heterocycles. The number of rotatable bonds is 6. The first-order chi connectivity index (χ1) is 11.5. The van der Waals surface area contributed by atoms with Gasteiger partial charge in [0.2, 0.25) is 5.91 Å². The average molecular weight is 407 g/mol. The topological polar surface area (TPSA) is 58.2 Å². The van der Waals surface area contributed by atoms with E-state index in [-0.39, 0.29) is 24.4 Å². The van der Waals surface area contributed by atoms with Gasteiger partial charge in [0.05, 0.1) is 12.6 Å². The van der Waals surface area contributed by atoms with Crippen molar-refractivity contribution in [1.82, 2.24) is 10.6 Å². The van der Waals surface area contributed by atoms with Crippen molar-refractivity contribution in [2.45, 2.75) is 17.9 Å². The molecule has 0 heterocycles. The lowest BCUT2D eigenvalue weighted by Gasteiger charge is -2.15. The molecule has 0 saturated carbocycles. The lowest BCUT2D eigenvalue weighted by atomic mass is 10.1. The summed E-state index contributed by atoms with van der Waals surface area (Å²) in [5.41, 5.74) is 1.54. The zero-order valence-corrected chi connectivity index (χ0v) is 15.9. The van der Waals surface area contributed by atoms with Crippen LogP contribution < -0.4 is 10.6 Å². The predicted octanol–water partition coefficient (Wildman–Crippen LogP) is 3.78. The molecule has 24 heavy (non-hydrogen) atoms. The predicted molar refractivity (Wildman–Crippen MR) is 101 cm³/mol. The van der Waals surface area contributed by atoms with Crippen LogP contribution in [0.15, 0.2) is 57.9 Å². The average Bonchev–Trinajstić information content (AvgIpc) is 2.59. The van der Waals surface area contributed by atoms with Gasteiger partial charge in [-0.05, 0) is 49.1 Å². The van der Waals surface area contributed by atoms with Crippen molar-refractivity contribution in [1.29, 1.82) is 0 Å². The minimum Gasteiger partial charge on any atom is -0.348 e. The molecule has 2 amide bonds. The Morgan fingerprint density at radius 1 is 1.17 bits per heavy atom. The number of nitrogens with one attached hydrogen (secondary N) is 2. The van der Waals surface area contributed by atoms with Gasteiger partial charge in [0.15, 0.2) is 0 Å². The number of halogens is 1. The molecule has 0 saturated heterocycles. The van der Waals surface area contributed by atoms with E-state index < -0.39 is 0 Å². The summed E-state index contributed by atoms with van der Waals surface area (Å²) in [5, 5.41) is 5.51. The maximum absolute atomic E-state index is 12.0. The molecule has 2 N–H and O–H groups in total. The summed E-state index contributed by atoms with van der Waals surface area (Å²) >= 11 is 4.99. The van der Waals surface area contributed by atoms with E-state index in [0.29, 0.717) is 5.56 Å². The number of carbonyl (C=O) groups is 2. The van der Waals surface area contributed by atoms with Gasteiger partial charge in [-0.2, -0.15) is 0 Å².